The molecule has 9 heteroatoms. The van der Waals surface area contributed by atoms with Crippen molar-refractivity contribution in [1.29, 1.82) is 0 Å². The van der Waals surface area contributed by atoms with Gasteiger partial charge in [0.05, 0.1) is 5.75 Å². The van der Waals surface area contributed by atoms with Crippen LogP contribution < -0.4 is 9.47 Å². The van der Waals surface area contributed by atoms with Gasteiger partial charge in [0.25, 0.3) is 0 Å². The Balaban J connectivity index is 1.33. The van der Waals surface area contributed by atoms with Crippen LogP contribution in [0.1, 0.15) is 22.5 Å². The van der Waals surface area contributed by atoms with Crippen LogP contribution in [0.25, 0.3) is 11.0 Å². The molecule has 3 heterocycles. The van der Waals surface area contributed by atoms with Crippen LogP contribution in [-0.2, 0) is 6.54 Å². The lowest BCUT2D eigenvalue weighted by molar-refractivity contribution is 0.0821. The first-order valence-corrected chi connectivity index (χ1v) is 11.3. The van der Waals surface area contributed by atoms with Crippen molar-refractivity contribution in [3.8, 4) is 11.5 Å². The molecule has 32 heavy (non-hydrogen) atoms. The smallest absolute Gasteiger partial charge is 0.208 e. The number of hydrogen-bond acceptors (Lipinski definition) is 7. The van der Waals surface area contributed by atoms with Crippen molar-refractivity contribution < 1.29 is 18.7 Å². The van der Waals surface area contributed by atoms with Gasteiger partial charge in [-0.1, -0.05) is 41.6 Å². The van der Waals surface area contributed by atoms with Gasteiger partial charge in [0.1, 0.15) is 12.2 Å². The predicted molar refractivity (Wildman–Crippen MR) is 122 cm³/mol. The van der Waals surface area contributed by atoms with E-state index in [1.54, 1.807) is 30.3 Å². The average molecular weight is 468 g/mol. The van der Waals surface area contributed by atoms with Gasteiger partial charge in [-0.25, -0.2) is 0 Å². The predicted octanol–water partition coefficient (Wildman–Crippen LogP) is 5.35. The number of furan rings is 1. The number of para-hydroxylation sites is 2. The number of thioether (sulfide) groups is 1. The van der Waals surface area contributed by atoms with Crippen molar-refractivity contribution in [1.82, 2.24) is 14.8 Å². The number of carbonyl (C=O) groups is 1. The number of ether oxygens (including phenoxy) is 2. The number of halogens is 1. The Labute approximate surface area is 193 Å². The second-order valence-corrected chi connectivity index (χ2v) is 8.49. The molecule has 0 aliphatic carbocycles. The Bertz CT molecular complexity index is 1320. The highest BCUT2D eigenvalue weighted by Gasteiger charge is 2.28. The molecule has 0 unspecified atom stereocenters. The molecule has 1 aliphatic rings. The van der Waals surface area contributed by atoms with Gasteiger partial charge in [-0.05, 0) is 36.4 Å². The van der Waals surface area contributed by atoms with Crippen LogP contribution >= 0.6 is 23.4 Å². The van der Waals surface area contributed by atoms with Gasteiger partial charge in [0.2, 0.25) is 5.78 Å². The number of allylic oxidation sites excluding steroid dienone is 1. The average Bonchev–Trinajstić information content (AvgIpc) is 3.41. The fraction of sp³-hybridized carbons (Fsp3) is 0.174. The molecule has 2 aromatic heterocycles. The molecular formula is C23H18ClN3O4S. The van der Waals surface area contributed by atoms with Crippen LogP contribution in [0.5, 0.6) is 11.5 Å². The van der Waals surface area contributed by atoms with Gasteiger partial charge >= 0.3 is 0 Å². The number of carbonyl (C=O) groups excluding carboxylic acids is 1. The lowest BCUT2D eigenvalue weighted by Crippen LogP contribution is -2.25. The normalized spacial score (nSPS) is 15.1. The molecule has 0 radical (unpaired) electrons. The summed E-state index contributed by atoms with van der Waals surface area (Å²) in [7, 11) is 0. The van der Waals surface area contributed by atoms with E-state index in [1.165, 1.54) is 11.8 Å². The quantitative estimate of drug-likeness (QED) is 0.206. The molecule has 0 N–H and O–H groups in total. The summed E-state index contributed by atoms with van der Waals surface area (Å²) in [6.07, 6.45) is 1.34. The Morgan fingerprint density at radius 1 is 1.22 bits per heavy atom. The Morgan fingerprint density at radius 3 is 2.91 bits per heavy atom. The summed E-state index contributed by atoms with van der Waals surface area (Å²) in [4.78, 5) is 12.7. The first kappa shape index (κ1) is 20.7. The van der Waals surface area contributed by atoms with Gasteiger partial charge in [-0.3, -0.25) is 9.36 Å². The van der Waals surface area contributed by atoms with Crippen LogP contribution in [-0.4, -0.2) is 32.9 Å². The highest BCUT2D eigenvalue weighted by molar-refractivity contribution is 7.99. The molecule has 4 aromatic rings. The minimum absolute atomic E-state index is 0.147. The van der Waals surface area contributed by atoms with Crippen LogP contribution in [0.15, 0.2) is 70.8 Å². The SMILES string of the molecule is C=CCn1c(SCC(=O)c2cc3cc(Cl)ccc3o2)nnc1[C@H]1COc2ccccc2O1. The molecular weight excluding hydrogens is 450 g/mol. The standard InChI is InChI=1S/C23H18ClN3O4S/c1-2-9-27-22(21-12-29-18-5-3-4-6-19(18)31-21)25-26-23(27)32-13-16(28)20-11-14-10-15(24)7-8-17(14)30-20/h2-8,10-11,21H,1,9,12-13H2/t21-/m1/s1. The maximum Gasteiger partial charge on any atom is 0.208 e. The van der Waals surface area contributed by atoms with E-state index >= 15 is 0 Å². The fourth-order valence-electron chi connectivity index (χ4n) is 3.45. The monoisotopic (exact) mass is 467 g/mol. The molecule has 0 spiro atoms. The van der Waals surface area contributed by atoms with E-state index < -0.39 is 6.10 Å². The third-order valence-electron chi connectivity index (χ3n) is 4.94. The minimum atomic E-state index is -0.414. The van der Waals surface area contributed by atoms with E-state index in [0.717, 1.165) is 5.39 Å². The molecule has 0 saturated heterocycles. The summed E-state index contributed by atoms with van der Waals surface area (Å²) in [5, 5.41) is 10.6. The Kier molecular flexibility index (Phi) is 5.63. The summed E-state index contributed by atoms with van der Waals surface area (Å²) >= 11 is 7.30. The van der Waals surface area contributed by atoms with Crippen molar-refractivity contribution in [3.05, 3.63) is 77.8 Å². The molecule has 2 aromatic carbocycles. The molecule has 0 saturated carbocycles. The van der Waals surface area contributed by atoms with E-state index in [1.807, 2.05) is 28.8 Å². The molecule has 1 atom stereocenters. The van der Waals surface area contributed by atoms with Crippen LogP contribution in [0, 0.1) is 0 Å². The largest absolute Gasteiger partial charge is 0.485 e. The van der Waals surface area contributed by atoms with E-state index in [2.05, 4.69) is 16.8 Å². The summed E-state index contributed by atoms with van der Waals surface area (Å²) in [6.45, 7) is 4.62. The molecule has 0 bridgehead atoms. The number of hydrogen-bond donors (Lipinski definition) is 0. The Hall–Kier alpha value is -3.23. The molecule has 1 aliphatic heterocycles. The van der Waals surface area contributed by atoms with Gasteiger partial charge in [0, 0.05) is 17.0 Å². The zero-order chi connectivity index (χ0) is 22.1. The molecule has 162 valence electrons. The molecule has 0 amide bonds. The summed E-state index contributed by atoms with van der Waals surface area (Å²) in [6, 6.07) is 14.4. The summed E-state index contributed by atoms with van der Waals surface area (Å²) in [5.74, 6) is 2.26. The zero-order valence-corrected chi connectivity index (χ0v) is 18.4. The van der Waals surface area contributed by atoms with E-state index in [-0.39, 0.29) is 17.3 Å². The lowest BCUT2D eigenvalue weighted by Gasteiger charge is -2.26. The third kappa shape index (κ3) is 3.99. The number of rotatable bonds is 7. The third-order valence-corrected chi connectivity index (χ3v) is 6.14. The minimum Gasteiger partial charge on any atom is -0.485 e. The van der Waals surface area contributed by atoms with Crippen molar-refractivity contribution in [2.75, 3.05) is 12.4 Å². The van der Waals surface area contributed by atoms with Crippen molar-refractivity contribution in [3.63, 3.8) is 0 Å². The Morgan fingerprint density at radius 2 is 2.06 bits per heavy atom. The zero-order valence-electron chi connectivity index (χ0n) is 16.9. The van der Waals surface area contributed by atoms with Crippen LogP contribution in [0.3, 0.4) is 0 Å². The molecule has 5 rings (SSSR count). The van der Waals surface area contributed by atoms with E-state index in [4.69, 9.17) is 25.5 Å². The van der Waals surface area contributed by atoms with Gasteiger partial charge in [-0.2, -0.15) is 0 Å². The maximum atomic E-state index is 12.7. The second kappa shape index (κ2) is 8.72. The van der Waals surface area contributed by atoms with Crippen molar-refractivity contribution in [2.24, 2.45) is 0 Å². The fourth-order valence-corrected chi connectivity index (χ4v) is 4.45. The summed E-state index contributed by atoms with van der Waals surface area (Å²) < 4.78 is 19.4. The first-order chi connectivity index (χ1) is 15.6. The number of Topliss-reactive ketones (excluding diaryl/α,β-unsaturated/α-hetero) is 1. The second-order valence-electron chi connectivity index (χ2n) is 7.11. The van der Waals surface area contributed by atoms with E-state index in [9.17, 15) is 4.79 Å². The topological polar surface area (TPSA) is 79.4 Å². The van der Waals surface area contributed by atoms with Gasteiger partial charge < -0.3 is 13.9 Å². The highest BCUT2D eigenvalue weighted by Crippen LogP contribution is 2.36. The van der Waals surface area contributed by atoms with E-state index in [0.29, 0.717) is 46.2 Å². The van der Waals surface area contributed by atoms with Gasteiger partial charge in [-0.15, -0.1) is 16.8 Å². The lowest BCUT2D eigenvalue weighted by atomic mass is 10.2. The van der Waals surface area contributed by atoms with Crippen molar-refractivity contribution >= 4 is 40.1 Å². The number of benzene rings is 2. The van der Waals surface area contributed by atoms with Gasteiger partial charge in [0.15, 0.2) is 34.3 Å². The maximum absolute atomic E-state index is 12.7. The number of aromatic nitrogens is 3. The first-order valence-electron chi connectivity index (χ1n) is 9.90. The number of fused-ring (bicyclic) bond motifs is 2. The summed E-state index contributed by atoms with van der Waals surface area (Å²) in [5.41, 5.74) is 0.620. The number of nitrogens with zero attached hydrogens (tertiary/aromatic N) is 3. The van der Waals surface area contributed by atoms with Crippen LogP contribution in [0.2, 0.25) is 5.02 Å². The van der Waals surface area contributed by atoms with Crippen molar-refractivity contribution in [2.45, 2.75) is 17.8 Å². The van der Waals surface area contributed by atoms with Crippen LogP contribution in [0.4, 0.5) is 0 Å². The molecule has 7 nitrogen and oxygen atoms in total. The molecule has 0 fully saturated rings. The highest BCUT2D eigenvalue weighted by atomic mass is 35.5. The number of ketones is 1.